The van der Waals surface area contributed by atoms with E-state index in [0.29, 0.717) is 29.5 Å². The van der Waals surface area contributed by atoms with Gasteiger partial charge in [-0.05, 0) is 44.3 Å². The van der Waals surface area contributed by atoms with Crippen LogP contribution in [0.1, 0.15) is 12.5 Å². The highest BCUT2D eigenvalue weighted by Gasteiger charge is 2.31. The van der Waals surface area contributed by atoms with Gasteiger partial charge in [0.15, 0.2) is 11.5 Å². The largest absolute Gasteiger partial charge is 0.573 e. The van der Waals surface area contributed by atoms with Crippen molar-refractivity contribution in [2.45, 2.75) is 25.9 Å². The molecule has 0 bridgehead atoms. The highest BCUT2D eigenvalue weighted by Crippen LogP contribution is 2.40. The minimum absolute atomic E-state index is 0.327. The minimum Gasteiger partial charge on any atom is -0.493 e. The second-order valence-electron chi connectivity index (χ2n) is 6.65. The third-order valence-corrected chi connectivity index (χ3v) is 4.60. The average molecular weight is 442 g/mol. The molecule has 170 valence electrons. The number of methoxy groups -OCH3 is 3. The first-order valence-electron chi connectivity index (χ1n) is 9.24. The van der Waals surface area contributed by atoms with E-state index in [-0.39, 0.29) is 11.7 Å². The maximum atomic E-state index is 12.6. The van der Waals surface area contributed by atoms with E-state index in [9.17, 15) is 18.0 Å². The van der Waals surface area contributed by atoms with Crippen LogP contribution in [0.2, 0.25) is 0 Å². The monoisotopic (exact) mass is 442 g/mol. The van der Waals surface area contributed by atoms with Crippen molar-refractivity contribution in [3.8, 4) is 23.0 Å². The number of ether oxygens (including phenoxy) is 4. The van der Waals surface area contributed by atoms with E-state index < -0.39 is 12.4 Å². The van der Waals surface area contributed by atoms with E-state index in [1.54, 1.807) is 24.9 Å². The van der Waals surface area contributed by atoms with E-state index in [2.05, 4.69) is 10.1 Å². The topological polar surface area (TPSA) is 69.3 Å². The maximum absolute atomic E-state index is 12.6. The Hall–Kier alpha value is -3.14. The molecule has 0 spiro atoms. The molecule has 31 heavy (non-hydrogen) atoms. The van der Waals surface area contributed by atoms with Crippen LogP contribution in [-0.2, 0) is 11.3 Å². The second kappa shape index (κ2) is 10.3. The van der Waals surface area contributed by atoms with Crippen molar-refractivity contribution >= 4 is 11.6 Å². The average Bonchev–Trinajstić information content (AvgIpc) is 2.72. The molecular weight excluding hydrogens is 417 g/mol. The number of benzene rings is 2. The summed E-state index contributed by atoms with van der Waals surface area (Å²) in [6.07, 6.45) is -4.77. The minimum atomic E-state index is -4.77. The number of anilines is 1. The molecule has 0 unspecified atom stereocenters. The zero-order valence-electron chi connectivity index (χ0n) is 17.9. The van der Waals surface area contributed by atoms with Crippen LogP contribution in [0.4, 0.5) is 18.9 Å². The van der Waals surface area contributed by atoms with Gasteiger partial charge < -0.3 is 24.3 Å². The van der Waals surface area contributed by atoms with Gasteiger partial charge in [-0.25, -0.2) is 0 Å². The molecule has 7 nitrogen and oxygen atoms in total. The number of hydrogen-bond acceptors (Lipinski definition) is 6. The van der Waals surface area contributed by atoms with Crippen LogP contribution in [0.15, 0.2) is 36.4 Å². The highest BCUT2D eigenvalue weighted by molar-refractivity contribution is 5.94. The third kappa shape index (κ3) is 6.42. The fourth-order valence-electron chi connectivity index (χ4n) is 2.88. The molecule has 0 saturated carbocycles. The quantitative estimate of drug-likeness (QED) is 0.632. The fourth-order valence-corrected chi connectivity index (χ4v) is 2.88. The van der Waals surface area contributed by atoms with Crippen LogP contribution in [-0.4, -0.2) is 51.6 Å². The Morgan fingerprint density at radius 3 is 2.13 bits per heavy atom. The molecule has 2 rings (SSSR count). The third-order valence-electron chi connectivity index (χ3n) is 4.60. The van der Waals surface area contributed by atoms with Crippen molar-refractivity contribution in [3.05, 3.63) is 42.0 Å². The lowest BCUT2D eigenvalue weighted by molar-refractivity contribution is -0.274. The summed E-state index contributed by atoms with van der Waals surface area (Å²) >= 11 is 0. The van der Waals surface area contributed by atoms with E-state index >= 15 is 0 Å². The van der Waals surface area contributed by atoms with E-state index in [4.69, 9.17) is 14.2 Å². The first-order valence-corrected chi connectivity index (χ1v) is 9.24. The predicted molar refractivity (Wildman–Crippen MR) is 109 cm³/mol. The molecule has 0 fully saturated rings. The molecule has 0 aromatic heterocycles. The number of halogens is 3. The molecule has 2 aromatic carbocycles. The first kappa shape index (κ1) is 24.1. The van der Waals surface area contributed by atoms with Gasteiger partial charge in [0.1, 0.15) is 5.75 Å². The molecule has 0 heterocycles. The van der Waals surface area contributed by atoms with Gasteiger partial charge in [0, 0.05) is 17.8 Å². The van der Waals surface area contributed by atoms with Gasteiger partial charge in [-0.1, -0.05) is 6.07 Å². The van der Waals surface area contributed by atoms with E-state index in [1.165, 1.54) is 33.5 Å². The van der Waals surface area contributed by atoms with Gasteiger partial charge in [0.2, 0.25) is 11.7 Å². The summed E-state index contributed by atoms with van der Waals surface area (Å²) in [6, 6.07) is 7.95. The Bertz CT molecular complexity index is 888. The number of alkyl halides is 3. The Balaban J connectivity index is 2.06. The number of amides is 1. The summed E-state index contributed by atoms with van der Waals surface area (Å²) in [4.78, 5) is 14.4. The van der Waals surface area contributed by atoms with Gasteiger partial charge in [-0.2, -0.15) is 0 Å². The van der Waals surface area contributed by atoms with Crippen molar-refractivity contribution in [2.24, 2.45) is 0 Å². The molecule has 1 amide bonds. The van der Waals surface area contributed by atoms with Crippen LogP contribution < -0.4 is 24.3 Å². The first-order chi connectivity index (χ1) is 14.6. The maximum Gasteiger partial charge on any atom is 0.573 e. The SMILES string of the molecule is COc1ccc(CN(C)[C@@H](C)C(=O)Nc2ccc(OC(F)(F)F)cc2)c(OC)c1OC. The standard InChI is InChI=1S/C21H25F3N2O5/c1-13(20(27)25-15-7-9-16(10-8-15)31-21(22,23)24)26(2)12-14-6-11-17(28-3)19(30-5)18(14)29-4/h6-11,13H,12H2,1-5H3,(H,25,27)/t13-/m0/s1. The van der Waals surface area contributed by atoms with Gasteiger partial charge >= 0.3 is 6.36 Å². The molecule has 1 N–H and O–H groups in total. The zero-order chi connectivity index (χ0) is 23.2. The van der Waals surface area contributed by atoms with Crippen LogP contribution in [0.3, 0.4) is 0 Å². The van der Waals surface area contributed by atoms with Gasteiger partial charge in [0.25, 0.3) is 0 Å². The van der Waals surface area contributed by atoms with E-state index in [0.717, 1.165) is 17.7 Å². The summed E-state index contributed by atoms with van der Waals surface area (Å²) in [5, 5.41) is 2.67. The van der Waals surface area contributed by atoms with E-state index in [1.807, 2.05) is 6.07 Å². The van der Waals surface area contributed by atoms with Crippen molar-refractivity contribution in [1.29, 1.82) is 0 Å². The lowest BCUT2D eigenvalue weighted by atomic mass is 10.1. The number of rotatable bonds is 9. The molecule has 0 aliphatic heterocycles. The molecule has 0 radical (unpaired) electrons. The molecule has 1 atom stereocenters. The van der Waals surface area contributed by atoms with Crippen molar-refractivity contribution in [2.75, 3.05) is 33.7 Å². The Labute approximate surface area is 178 Å². The highest BCUT2D eigenvalue weighted by atomic mass is 19.4. The smallest absolute Gasteiger partial charge is 0.493 e. The summed E-state index contributed by atoms with van der Waals surface area (Å²) in [5.74, 6) is 0.785. The number of nitrogens with one attached hydrogen (secondary N) is 1. The zero-order valence-corrected chi connectivity index (χ0v) is 17.9. The summed E-state index contributed by atoms with van der Waals surface area (Å²) < 4.78 is 56.7. The molecule has 10 heteroatoms. The number of hydrogen-bond donors (Lipinski definition) is 1. The van der Waals surface area contributed by atoms with Crippen molar-refractivity contribution in [3.63, 3.8) is 0 Å². The second-order valence-corrected chi connectivity index (χ2v) is 6.65. The Morgan fingerprint density at radius 1 is 1.00 bits per heavy atom. The number of nitrogens with zero attached hydrogens (tertiary/aromatic N) is 1. The number of carbonyl (C=O) groups is 1. The number of carbonyl (C=O) groups excluding carboxylic acids is 1. The Kier molecular flexibility index (Phi) is 7.98. The fraction of sp³-hybridized carbons (Fsp3) is 0.381. The van der Waals surface area contributed by atoms with Crippen molar-refractivity contribution in [1.82, 2.24) is 4.90 Å². The summed E-state index contributed by atoms with van der Waals surface area (Å²) in [7, 11) is 6.32. The lowest BCUT2D eigenvalue weighted by Crippen LogP contribution is -2.39. The van der Waals surface area contributed by atoms with Gasteiger partial charge in [0.05, 0.1) is 27.4 Å². The molecule has 0 saturated heterocycles. The van der Waals surface area contributed by atoms with Gasteiger partial charge in [-0.15, -0.1) is 13.2 Å². The van der Waals surface area contributed by atoms with Crippen molar-refractivity contribution < 1.29 is 36.9 Å². The van der Waals surface area contributed by atoms with Crippen LogP contribution in [0.5, 0.6) is 23.0 Å². The molecule has 2 aromatic rings. The lowest BCUT2D eigenvalue weighted by Gasteiger charge is -2.25. The normalized spacial score (nSPS) is 12.3. The number of likely N-dealkylation sites (N-methyl/N-ethyl adjacent to an activating group) is 1. The van der Waals surface area contributed by atoms with Gasteiger partial charge in [-0.3, -0.25) is 9.69 Å². The molecule has 0 aliphatic rings. The van der Waals surface area contributed by atoms with Crippen LogP contribution in [0, 0.1) is 0 Å². The van der Waals surface area contributed by atoms with Crippen LogP contribution in [0.25, 0.3) is 0 Å². The van der Waals surface area contributed by atoms with Crippen LogP contribution >= 0.6 is 0 Å². The predicted octanol–water partition coefficient (Wildman–Crippen LogP) is 4.07. The molecule has 0 aliphatic carbocycles. The molecular formula is C21H25F3N2O5. The summed E-state index contributed by atoms with van der Waals surface area (Å²) in [6.45, 7) is 2.08. The Morgan fingerprint density at radius 2 is 1.61 bits per heavy atom. The summed E-state index contributed by atoms with van der Waals surface area (Å²) in [5.41, 5.74) is 1.14.